The Morgan fingerprint density at radius 3 is 2.86 bits per heavy atom. The molecule has 7 nitrogen and oxygen atoms in total. The highest BCUT2D eigenvalue weighted by molar-refractivity contribution is 7.92. The molecule has 1 aromatic rings. The van der Waals surface area contributed by atoms with Gasteiger partial charge in [-0.25, -0.2) is 13.2 Å². The zero-order valence-electron chi connectivity index (χ0n) is 12.4. The van der Waals surface area contributed by atoms with Crippen LogP contribution >= 0.6 is 0 Å². The molecule has 0 spiro atoms. The summed E-state index contributed by atoms with van der Waals surface area (Å²) in [7, 11) is -2.38. The van der Waals surface area contributed by atoms with E-state index in [1.807, 2.05) is 0 Å². The molecule has 0 bridgehead atoms. The lowest BCUT2D eigenvalue weighted by atomic mass is 10.1. The number of nitrogen functional groups attached to an aromatic ring is 1. The number of benzene rings is 1. The Hall–Kier alpha value is -1.80. The molecule has 0 aromatic heterocycles. The van der Waals surface area contributed by atoms with Gasteiger partial charge in [-0.05, 0) is 31.4 Å². The fourth-order valence-electron chi connectivity index (χ4n) is 2.33. The summed E-state index contributed by atoms with van der Waals surface area (Å²) in [6.45, 7) is 0.583. The van der Waals surface area contributed by atoms with Crippen molar-refractivity contribution in [2.45, 2.75) is 25.4 Å². The number of nitrogens with one attached hydrogen (secondary N) is 1. The number of methoxy groups -OCH3 is 1. The van der Waals surface area contributed by atoms with Gasteiger partial charge < -0.3 is 15.2 Å². The van der Waals surface area contributed by atoms with Crippen molar-refractivity contribution in [1.82, 2.24) is 0 Å². The van der Waals surface area contributed by atoms with Crippen LogP contribution in [0.3, 0.4) is 0 Å². The van der Waals surface area contributed by atoms with Crippen LogP contribution in [0.2, 0.25) is 0 Å². The Balaban J connectivity index is 2.13. The number of hydrogen-bond donors (Lipinski definition) is 2. The van der Waals surface area contributed by atoms with Gasteiger partial charge in [0.2, 0.25) is 10.0 Å². The normalized spacial score (nSPS) is 18.7. The van der Waals surface area contributed by atoms with Gasteiger partial charge >= 0.3 is 5.97 Å². The fourth-order valence-corrected chi connectivity index (χ4v) is 3.68. The Morgan fingerprint density at radius 2 is 2.23 bits per heavy atom. The van der Waals surface area contributed by atoms with Crippen molar-refractivity contribution in [3.05, 3.63) is 23.8 Å². The molecule has 1 unspecified atom stereocenters. The van der Waals surface area contributed by atoms with Gasteiger partial charge in [-0.3, -0.25) is 4.72 Å². The monoisotopic (exact) mass is 328 g/mol. The molecule has 0 saturated carbocycles. The molecule has 1 fully saturated rings. The Bertz CT molecular complexity index is 639. The second-order valence-corrected chi connectivity index (χ2v) is 6.90. The molecule has 8 heteroatoms. The Kier molecular flexibility index (Phi) is 5.25. The van der Waals surface area contributed by atoms with Gasteiger partial charge in [-0.2, -0.15) is 0 Å². The minimum Gasteiger partial charge on any atom is -0.465 e. The summed E-state index contributed by atoms with van der Waals surface area (Å²) in [4.78, 5) is 11.6. The van der Waals surface area contributed by atoms with Gasteiger partial charge in [0, 0.05) is 6.61 Å². The number of carbonyl (C=O) groups is 1. The lowest BCUT2D eigenvalue weighted by Crippen LogP contribution is -2.31. The lowest BCUT2D eigenvalue weighted by molar-refractivity contribution is 0.0306. The molecule has 1 saturated heterocycles. The van der Waals surface area contributed by atoms with Crippen LogP contribution in [0.5, 0.6) is 0 Å². The van der Waals surface area contributed by atoms with Gasteiger partial charge in [0.1, 0.15) is 0 Å². The fraction of sp³-hybridized carbons (Fsp3) is 0.500. The largest absolute Gasteiger partial charge is 0.465 e. The summed E-state index contributed by atoms with van der Waals surface area (Å²) < 4.78 is 36.9. The van der Waals surface area contributed by atoms with E-state index in [9.17, 15) is 13.2 Å². The van der Waals surface area contributed by atoms with Gasteiger partial charge in [0.15, 0.2) is 0 Å². The first-order chi connectivity index (χ1) is 10.4. The van der Waals surface area contributed by atoms with E-state index in [4.69, 9.17) is 10.5 Å². The molecule has 122 valence electrons. The average Bonchev–Trinajstić information content (AvgIpc) is 2.49. The molecule has 22 heavy (non-hydrogen) atoms. The molecule has 1 atom stereocenters. The number of anilines is 2. The second-order valence-electron chi connectivity index (χ2n) is 5.13. The van der Waals surface area contributed by atoms with Crippen LogP contribution < -0.4 is 10.5 Å². The Morgan fingerprint density at radius 1 is 1.45 bits per heavy atom. The van der Waals surface area contributed by atoms with Crippen LogP contribution in [0.25, 0.3) is 0 Å². The van der Waals surface area contributed by atoms with E-state index in [0.717, 1.165) is 19.3 Å². The summed E-state index contributed by atoms with van der Waals surface area (Å²) in [5.74, 6) is -0.747. The van der Waals surface area contributed by atoms with Crippen LogP contribution in [0.4, 0.5) is 11.4 Å². The highest BCUT2D eigenvalue weighted by Crippen LogP contribution is 2.25. The highest BCUT2D eigenvalue weighted by Gasteiger charge is 2.23. The summed E-state index contributed by atoms with van der Waals surface area (Å²) in [6.07, 6.45) is 2.33. The first kappa shape index (κ1) is 16.6. The van der Waals surface area contributed by atoms with Crippen LogP contribution in [0, 0.1) is 0 Å². The number of carbonyl (C=O) groups excluding carboxylic acids is 1. The molecular formula is C14H20N2O5S. The predicted octanol–water partition coefficient (Wildman–Crippen LogP) is 1.37. The summed E-state index contributed by atoms with van der Waals surface area (Å²) in [6, 6.07) is 4.52. The van der Waals surface area contributed by atoms with Crippen molar-refractivity contribution < 1.29 is 22.7 Å². The van der Waals surface area contributed by atoms with Crippen molar-refractivity contribution in [2.24, 2.45) is 0 Å². The minimum absolute atomic E-state index is 0.0440. The van der Waals surface area contributed by atoms with E-state index in [0.29, 0.717) is 6.61 Å². The van der Waals surface area contributed by atoms with Gasteiger partial charge in [-0.15, -0.1) is 0 Å². The van der Waals surface area contributed by atoms with Gasteiger partial charge in [0.25, 0.3) is 0 Å². The van der Waals surface area contributed by atoms with E-state index in [-0.39, 0.29) is 28.8 Å². The van der Waals surface area contributed by atoms with Crippen molar-refractivity contribution in [3.63, 3.8) is 0 Å². The number of para-hydroxylation sites is 1. The quantitative estimate of drug-likeness (QED) is 0.624. The van der Waals surface area contributed by atoms with Gasteiger partial charge in [0.05, 0.1) is 35.9 Å². The van der Waals surface area contributed by atoms with Crippen molar-refractivity contribution in [3.8, 4) is 0 Å². The number of nitrogens with two attached hydrogens (primary N) is 1. The molecule has 1 aliphatic rings. The maximum atomic E-state index is 12.2. The van der Waals surface area contributed by atoms with E-state index in [1.54, 1.807) is 0 Å². The highest BCUT2D eigenvalue weighted by atomic mass is 32.2. The van der Waals surface area contributed by atoms with Gasteiger partial charge in [-0.1, -0.05) is 6.07 Å². The first-order valence-electron chi connectivity index (χ1n) is 7.02. The molecular weight excluding hydrogens is 308 g/mol. The second kappa shape index (κ2) is 6.97. The van der Waals surface area contributed by atoms with Crippen LogP contribution in [0.1, 0.15) is 29.6 Å². The third-order valence-corrected chi connectivity index (χ3v) is 4.80. The zero-order valence-corrected chi connectivity index (χ0v) is 13.2. The molecule has 3 N–H and O–H groups in total. The van der Waals surface area contributed by atoms with Crippen molar-refractivity contribution in [1.29, 1.82) is 0 Å². The Labute approximate surface area is 129 Å². The van der Waals surface area contributed by atoms with E-state index in [2.05, 4.69) is 9.46 Å². The summed E-state index contributed by atoms with van der Waals surface area (Å²) in [5, 5.41) is 0. The maximum absolute atomic E-state index is 12.2. The molecule has 1 heterocycles. The molecule has 0 aliphatic carbocycles. The topological polar surface area (TPSA) is 108 Å². The third-order valence-electron chi connectivity index (χ3n) is 3.46. The zero-order chi connectivity index (χ0) is 16.2. The predicted molar refractivity (Wildman–Crippen MR) is 83.2 cm³/mol. The van der Waals surface area contributed by atoms with Crippen LogP contribution in [-0.4, -0.2) is 40.0 Å². The number of esters is 1. The molecule has 0 radical (unpaired) electrons. The standard InChI is InChI=1S/C14H20N2O5S/c1-20-14(17)11-6-4-7-12(13(11)15)16-22(18,19)9-10-5-2-3-8-21-10/h4,6-7,10,16H,2-3,5,8-9,15H2,1H3. The number of rotatable bonds is 5. The summed E-state index contributed by atoms with van der Waals surface area (Å²) in [5.41, 5.74) is 6.17. The molecule has 1 aromatic carbocycles. The van der Waals surface area contributed by atoms with Crippen molar-refractivity contribution >= 4 is 27.4 Å². The van der Waals surface area contributed by atoms with Crippen LogP contribution in [-0.2, 0) is 19.5 Å². The minimum atomic E-state index is -3.61. The number of ether oxygens (including phenoxy) is 2. The maximum Gasteiger partial charge on any atom is 0.340 e. The summed E-state index contributed by atoms with van der Waals surface area (Å²) >= 11 is 0. The molecule has 0 amide bonds. The lowest BCUT2D eigenvalue weighted by Gasteiger charge is -2.22. The van der Waals surface area contributed by atoms with Crippen LogP contribution in [0.15, 0.2) is 18.2 Å². The SMILES string of the molecule is COC(=O)c1cccc(NS(=O)(=O)CC2CCCCO2)c1N. The number of hydrogen-bond acceptors (Lipinski definition) is 6. The van der Waals surface area contributed by atoms with E-state index in [1.165, 1.54) is 25.3 Å². The number of sulfonamides is 1. The third kappa shape index (κ3) is 4.11. The smallest absolute Gasteiger partial charge is 0.340 e. The van der Waals surface area contributed by atoms with Crippen molar-refractivity contribution in [2.75, 3.05) is 29.9 Å². The van der Waals surface area contributed by atoms with E-state index >= 15 is 0 Å². The average molecular weight is 328 g/mol. The van der Waals surface area contributed by atoms with E-state index < -0.39 is 16.0 Å². The molecule has 1 aliphatic heterocycles. The first-order valence-corrected chi connectivity index (χ1v) is 8.67. The molecule has 2 rings (SSSR count).